The summed E-state index contributed by atoms with van der Waals surface area (Å²) in [7, 11) is 3.19. The van der Waals surface area contributed by atoms with Crippen LogP contribution in [0.4, 0.5) is 0 Å². The van der Waals surface area contributed by atoms with E-state index in [-0.39, 0.29) is 6.79 Å². The Kier molecular flexibility index (Phi) is 5.18. The van der Waals surface area contributed by atoms with E-state index in [1.165, 1.54) is 0 Å². The molecule has 0 saturated heterocycles. The summed E-state index contributed by atoms with van der Waals surface area (Å²) >= 11 is 0. The maximum Gasteiger partial charge on any atom is 0.231 e. The van der Waals surface area contributed by atoms with E-state index in [0.717, 1.165) is 16.9 Å². The summed E-state index contributed by atoms with van der Waals surface area (Å²) in [4.78, 5) is 8.61. The number of fused-ring (bicyclic) bond motifs is 1. The molecule has 1 aliphatic heterocycles. The minimum Gasteiger partial charge on any atom is -0.497 e. The van der Waals surface area contributed by atoms with Gasteiger partial charge in [-0.15, -0.1) is 0 Å². The predicted molar refractivity (Wildman–Crippen MR) is 106 cm³/mol. The molecule has 29 heavy (non-hydrogen) atoms. The number of hydrogen-bond donors (Lipinski definition) is 0. The highest BCUT2D eigenvalue weighted by Crippen LogP contribution is 2.32. The minimum atomic E-state index is 0.234. The highest BCUT2D eigenvalue weighted by atomic mass is 16.7. The zero-order valence-corrected chi connectivity index (χ0v) is 15.9. The molecule has 3 aromatic rings. The van der Waals surface area contributed by atoms with E-state index in [9.17, 15) is 0 Å². The molecule has 0 bridgehead atoms. The summed E-state index contributed by atoms with van der Waals surface area (Å²) in [6.07, 6.45) is 3.19. The third-order valence-electron chi connectivity index (χ3n) is 4.03. The molecule has 4 rings (SSSR count). The maximum atomic E-state index is 5.36. The van der Waals surface area contributed by atoms with Crippen LogP contribution >= 0.6 is 0 Å². The Balaban J connectivity index is 1.56. The fourth-order valence-corrected chi connectivity index (χ4v) is 2.61. The van der Waals surface area contributed by atoms with Crippen LogP contribution in [0, 0.1) is 23.7 Å². The molecule has 1 aromatic heterocycles. The summed E-state index contributed by atoms with van der Waals surface area (Å²) in [5, 5.41) is 0. The molecule has 0 fully saturated rings. The summed E-state index contributed by atoms with van der Waals surface area (Å²) in [5.74, 6) is 14.9. The fraction of sp³-hybridized carbons (Fsp3) is 0.130. The van der Waals surface area contributed by atoms with Crippen molar-refractivity contribution in [2.75, 3.05) is 21.0 Å². The summed E-state index contributed by atoms with van der Waals surface area (Å²) < 4.78 is 21.2. The van der Waals surface area contributed by atoms with Crippen LogP contribution in [0.3, 0.4) is 0 Å². The topological polar surface area (TPSA) is 62.7 Å². The Morgan fingerprint density at radius 2 is 1.41 bits per heavy atom. The third kappa shape index (κ3) is 4.40. The van der Waals surface area contributed by atoms with Crippen molar-refractivity contribution in [1.82, 2.24) is 9.97 Å². The molecule has 2 aromatic carbocycles. The fourth-order valence-electron chi connectivity index (χ4n) is 2.61. The third-order valence-corrected chi connectivity index (χ3v) is 4.03. The van der Waals surface area contributed by atoms with Gasteiger partial charge in [-0.1, -0.05) is 11.8 Å². The lowest BCUT2D eigenvalue weighted by Crippen LogP contribution is -1.92. The zero-order valence-electron chi connectivity index (χ0n) is 15.9. The highest BCUT2D eigenvalue weighted by molar-refractivity contribution is 5.51. The summed E-state index contributed by atoms with van der Waals surface area (Å²) in [6, 6.07) is 11.0. The largest absolute Gasteiger partial charge is 0.497 e. The molecule has 0 unspecified atom stereocenters. The first-order valence-corrected chi connectivity index (χ1v) is 8.72. The summed E-state index contributed by atoms with van der Waals surface area (Å²) in [6.45, 7) is 0.234. The van der Waals surface area contributed by atoms with Crippen LogP contribution in [0.2, 0.25) is 0 Å². The van der Waals surface area contributed by atoms with Crippen LogP contribution in [0.1, 0.15) is 22.5 Å². The molecule has 1 aliphatic rings. The lowest BCUT2D eigenvalue weighted by atomic mass is 10.2. The first kappa shape index (κ1) is 18.2. The van der Waals surface area contributed by atoms with Gasteiger partial charge >= 0.3 is 0 Å². The molecule has 0 spiro atoms. The van der Waals surface area contributed by atoms with Crippen LogP contribution < -0.4 is 18.9 Å². The molecule has 0 N–H and O–H groups in total. The first-order chi connectivity index (χ1) is 14.2. The van der Waals surface area contributed by atoms with Gasteiger partial charge in [-0.05, 0) is 42.2 Å². The molecule has 0 radical (unpaired) electrons. The van der Waals surface area contributed by atoms with Gasteiger partial charge in [0, 0.05) is 17.2 Å². The van der Waals surface area contributed by atoms with Crippen LogP contribution in [0.15, 0.2) is 48.8 Å². The van der Waals surface area contributed by atoms with E-state index in [1.54, 1.807) is 32.7 Å². The van der Waals surface area contributed by atoms with Crippen molar-refractivity contribution in [1.29, 1.82) is 0 Å². The van der Waals surface area contributed by atoms with Gasteiger partial charge in [-0.25, -0.2) is 4.98 Å². The van der Waals surface area contributed by atoms with Gasteiger partial charge in [-0.2, -0.15) is 0 Å². The Morgan fingerprint density at radius 1 is 0.759 bits per heavy atom. The normalized spacial score (nSPS) is 11.0. The lowest BCUT2D eigenvalue weighted by molar-refractivity contribution is 0.174. The smallest absolute Gasteiger partial charge is 0.231 e. The van der Waals surface area contributed by atoms with Gasteiger partial charge in [0.2, 0.25) is 6.79 Å². The van der Waals surface area contributed by atoms with Gasteiger partial charge in [0.15, 0.2) is 11.5 Å². The van der Waals surface area contributed by atoms with Crippen molar-refractivity contribution in [3.05, 3.63) is 71.3 Å². The van der Waals surface area contributed by atoms with E-state index in [2.05, 4.69) is 33.6 Å². The molecule has 0 amide bonds. The van der Waals surface area contributed by atoms with E-state index in [4.69, 9.17) is 18.9 Å². The van der Waals surface area contributed by atoms with Crippen molar-refractivity contribution >= 4 is 0 Å². The van der Waals surface area contributed by atoms with Crippen LogP contribution in [-0.4, -0.2) is 31.0 Å². The van der Waals surface area contributed by atoms with Crippen LogP contribution in [0.25, 0.3) is 0 Å². The maximum absolute atomic E-state index is 5.36. The van der Waals surface area contributed by atoms with E-state index in [1.807, 2.05) is 30.3 Å². The van der Waals surface area contributed by atoms with Crippen molar-refractivity contribution in [2.24, 2.45) is 0 Å². The highest BCUT2D eigenvalue weighted by Gasteiger charge is 2.12. The van der Waals surface area contributed by atoms with Gasteiger partial charge in [-0.3, -0.25) is 4.98 Å². The van der Waals surface area contributed by atoms with E-state index >= 15 is 0 Å². The minimum absolute atomic E-state index is 0.234. The number of aromatic nitrogens is 2. The standard InChI is InChI=1S/C23H16N2O4/c1-26-20-9-17(10-21(12-20)27-2)4-7-19-14-24-13-18(25-19)6-3-16-5-8-22-23(11-16)29-15-28-22/h5,8-14H,15H2,1-2H3. The number of nitrogens with zero attached hydrogens (tertiary/aromatic N) is 2. The number of hydrogen-bond acceptors (Lipinski definition) is 6. The quantitative estimate of drug-likeness (QED) is 0.633. The lowest BCUT2D eigenvalue weighted by Gasteiger charge is -2.04. The molecule has 0 atom stereocenters. The Bertz CT molecular complexity index is 1160. The molecule has 142 valence electrons. The van der Waals surface area contributed by atoms with Crippen molar-refractivity contribution in [3.63, 3.8) is 0 Å². The summed E-state index contributed by atoms with van der Waals surface area (Å²) in [5.41, 5.74) is 2.60. The number of ether oxygens (including phenoxy) is 4. The average Bonchev–Trinajstić information content (AvgIpc) is 3.24. The Labute approximate surface area is 168 Å². The number of rotatable bonds is 2. The van der Waals surface area contributed by atoms with Crippen molar-refractivity contribution in [2.45, 2.75) is 0 Å². The van der Waals surface area contributed by atoms with Crippen LogP contribution in [-0.2, 0) is 0 Å². The van der Waals surface area contributed by atoms with Crippen LogP contribution in [0.5, 0.6) is 23.0 Å². The molecule has 0 aliphatic carbocycles. The van der Waals surface area contributed by atoms with E-state index < -0.39 is 0 Å². The predicted octanol–water partition coefficient (Wildman–Crippen LogP) is 3.02. The number of methoxy groups -OCH3 is 2. The van der Waals surface area contributed by atoms with E-state index in [0.29, 0.717) is 28.6 Å². The zero-order chi connectivity index (χ0) is 20.1. The van der Waals surface area contributed by atoms with Gasteiger partial charge in [0.25, 0.3) is 0 Å². The second-order valence-corrected chi connectivity index (χ2v) is 5.96. The SMILES string of the molecule is COc1cc(C#Cc2cncc(C#Cc3ccc4c(c3)OCO4)n2)cc(OC)c1. The molecule has 6 nitrogen and oxygen atoms in total. The average molecular weight is 384 g/mol. The first-order valence-electron chi connectivity index (χ1n) is 8.72. The van der Waals surface area contributed by atoms with Crippen molar-refractivity contribution in [3.8, 4) is 46.7 Å². The molecule has 6 heteroatoms. The van der Waals surface area contributed by atoms with Gasteiger partial charge in [0.1, 0.15) is 22.9 Å². The molecule has 2 heterocycles. The Hall–Kier alpha value is -4.16. The van der Waals surface area contributed by atoms with Crippen molar-refractivity contribution < 1.29 is 18.9 Å². The van der Waals surface area contributed by atoms with Gasteiger partial charge < -0.3 is 18.9 Å². The molecular weight excluding hydrogens is 368 g/mol. The molecule has 0 saturated carbocycles. The number of benzene rings is 2. The van der Waals surface area contributed by atoms with Gasteiger partial charge in [0.05, 0.1) is 26.6 Å². The molecular formula is C23H16N2O4. The Morgan fingerprint density at radius 3 is 2.10 bits per heavy atom. The second-order valence-electron chi connectivity index (χ2n) is 5.96. The second kappa shape index (κ2) is 8.24. The monoisotopic (exact) mass is 384 g/mol.